The topological polar surface area (TPSA) is 122 Å². The number of para-hydroxylation sites is 2. The Hall–Kier alpha value is -2.95. The molecule has 2 aromatic heterocycles. The summed E-state index contributed by atoms with van der Waals surface area (Å²) in [5, 5.41) is 11.9. The maximum absolute atomic E-state index is 13.3. The zero-order valence-electron chi connectivity index (χ0n) is 18.2. The van der Waals surface area contributed by atoms with Gasteiger partial charge in [-0.3, -0.25) is 9.78 Å². The minimum Gasteiger partial charge on any atom is -0.609 e. The number of carbonyl (C=O) groups excluding carboxylic acids is 1. The van der Waals surface area contributed by atoms with E-state index in [4.69, 9.17) is 14.7 Å². The zero-order valence-corrected chi connectivity index (χ0v) is 19.0. The van der Waals surface area contributed by atoms with Crippen molar-refractivity contribution >= 4 is 34.3 Å². The van der Waals surface area contributed by atoms with E-state index in [0.717, 1.165) is 18.2 Å². The van der Waals surface area contributed by atoms with Crippen LogP contribution in [0.3, 0.4) is 0 Å². The van der Waals surface area contributed by atoms with E-state index < -0.39 is 17.1 Å². The SMILES string of the molecule is COCCCOc1ccnc(C[S+]([O-])c2nc3ccccc3n2C(=O)C(C)/C=N/O)c1C. The average molecular weight is 459 g/mol. The Labute approximate surface area is 189 Å². The molecule has 1 N–H and O–H groups in total. The summed E-state index contributed by atoms with van der Waals surface area (Å²) in [5.41, 5.74) is 2.48. The maximum atomic E-state index is 13.3. The Bertz CT molecular complexity index is 1100. The van der Waals surface area contributed by atoms with Crippen molar-refractivity contribution in [2.45, 2.75) is 31.2 Å². The lowest BCUT2D eigenvalue weighted by molar-refractivity contribution is 0.0873. The minimum atomic E-state index is -1.66. The largest absolute Gasteiger partial charge is 0.609 e. The van der Waals surface area contributed by atoms with Gasteiger partial charge in [-0.15, -0.1) is 5.16 Å². The molecule has 2 heterocycles. The summed E-state index contributed by atoms with van der Waals surface area (Å²) < 4.78 is 25.5. The Morgan fingerprint density at radius 1 is 1.34 bits per heavy atom. The van der Waals surface area contributed by atoms with E-state index in [1.807, 2.05) is 6.92 Å². The van der Waals surface area contributed by atoms with Gasteiger partial charge in [0, 0.05) is 43.1 Å². The van der Waals surface area contributed by atoms with Crippen LogP contribution in [0.15, 0.2) is 46.8 Å². The van der Waals surface area contributed by atoms with Gasteiger partial charge in [0.15, 0.2) is 5.75 Å². The first-order valence-electron chi connectivity index (χ1n) is 10.1. The van der Waals surface area contributed by atoms with Crippen LogP contribution in [0.25, 0.3) is 11.0 Å². The predicted molar refractivity (Wildman–Crippen MR) is 121 cm³/mol. The first-order valence-corrected chi connectivity index (χ1v) is 11.4. The molecule has 0 fully saturated rings. The average Bonchev–Trinajstić information content (AvgIpc) is 3.18. The third kappa shape index (κ3) is 5.26. The molecule has 3 rings (SSSR count). The van der Waals surface area contributed by atoms with E-state index in [9.17, 15) is 9.35 Å². The number of oxime groups is 1. The highest BCUT2D eigenvalue weighted by atomic mass is 32.2. The fourth-order valence-electron chi connectivity index (χ4n) is 3.17. The van der Waals surface area contributed by atoms with E-state index in [0.29, 0.717) is 35.7 Å². The summed E-state index contributed by atoms with van der Waals surface area (Å²) in [4.78, 5) is 21.8. The molecule has 0 aliphatic carbocycles. The molecule has 2 unspecified atom stereocenters. The monoisotopic (exact) mass is 458 g/mol. The molecule has 9 nitrogen and oxygen atoms in total. The van der Waals surface area contributed by atoms with Crippen molar-refractivity contribution < 1.29 is 24.0 Å². The van der Waals surface area contributed by atoms with Gasteiger partial charge in [-0.05, 0) is 32.0 Å². The molecule has 0 aliphatic rings. The number of hydrogen-bond donors (Lipinski definition) is 1. The summed E-state index contributed by atoms with van der Waals surface area (Å²) in [5.74, 6) is -0.377. The van der Waals surface area contributed by atoms with Gasteiger partial charge in [0.1, 0.15) is 5.75 Å². The number of nitrogens with zero attached hydrogens (tertiary/aromatic N) is 4. The molecule has 0 bridgehead atoms. The van der Waals surface area contributed by atoms with Crippen molar-refractivity contribution in [3.05, 3.63) is 47.8 Å². The second-order valence-corrected chi connectivity index (χ2v) is 8.52. The van der Waals surface area contributed by atoms with Crippen molar-refractivity contribution in [2.24, 2.45) is 11.1 Å². The fraction of sp³-hybridized carbons (Fsp3) is 0.364. The van der Waals surface area contributed by atoms with Crippen LogP contribution < -0.4 is 4.74 Å². The van der Waals surface area contributed by atoms with Gasteiger partial charge in [0.05, 0.1) is 35.5 Å². The van der Waals surface area contributed by atoms with E-state index in [1.165, 1.54) is 4.57 Å². The highest BCUT2D eigenvalue weighted by molar-refractivity contribution is 7.90. The number of methoxy groups -OCH3 is 1. The number of ether oxygens (including phenoxy) is 2. The van der Waals surface area contributed by atoms with Crippen LogP contribution in [0.1, 0.15) is 29.4 Å². The Morgan fingerprint density at radius 2 is 2.12 bits per heavy atom. The lowest BCUT2D eigenvalue weighted by atomic mass is 10.2. The van der Waals surface area contributed by atoms with Gasteiger partial charge in [-0.2, -0.15) is 4.98 Å². The molecular weight excluding hydrogens is 432 g/mol. The van der Waals surface area contributed by atoms with Gasteiger partial charge in [-0.1, -0.05) is 12.1 Å². The summed E-state index contributed by atoms with van der Waals surface area (Å²) in [7, 11) is 1.64. The van der Waals surface area contributed by atoms with Gasteiger partial charge in [-0.25, -0.2) is 4.57 Å². The highest BCUT2D eigenvalue weighted by Crippen LogP contribution is 2.26. The maximum Gasteiger partial charge on any atom is 0.331 e. The summed E-state index contributed by atoms with van der Waals surface area (Å²) in [6, 6.07) is 8.83. The number of benzene rings is 1. The molecule has 170 valence electrons. The van der Waals surface area contributed by atoms with Crippen LogP contribution in [-0.2, 0) is 21.7 Å². The molecule has 0 radical (unpaired) electrons. The molecule has 0 amide bonds. The standard InChI is InChI=1S/C22H26N4O5S/c1-15(13-24-28)21(27)26-19-8-5-4-7-17(19)25-22(26)32(29)14-18-16(2)20(9-10-23-18)31-12-6-11-30-3/h4-5,7-10,13,15,28H,6,11-12,14H2,1-3H3/b24-13+. The van der Waals surface area contributed by atoms with Crippen molar-refractivity contribution in [3.8, 4) is 5.75 Å². The molecule has 2 atom stereocenters. The normalized spacial score (nSPS) is 13.5. The van der Waals surface area contributed by atoms with E-state index >= 15 is 0 Å². The molecule has 32 heavy (non-hydrogen) atoms. The van der Waals surface area contributed by atoms with Gasteiger partial charge < -0.3 is 19.2 Å². The smallest absolute Gasteiger partial charge is 0.331 e. The summed E-state index contributed by atoms with van der Waals surface area (Å²) >= 11 is -1.66. The predicted octanol–water partition coefficient (Wildman–Crippen LogP) is 3.20. The first-order chi connectivity index (χ1) is 15.5. The Balaban J connectivity index is 1.90. The number of aromatic nitrogens is 3. The van der Waals surface area contributed by atoms with E-state index in [1.54, 1.807) is 50.6 Å². The molecular formula is C22H26N4O5S. The van der Waals surface area contributed by atoms with Crippen molar-refractivity contribution in [3.63, 3.8) is 0 Å². The molecule has 0 aliphatic heterocycles. The van der Waals surface area contributed by atoms with Crippen molar-refractivity contribution in [2.75, 3.05) is 20.3 Å². The third-order valence-corrected chi connectivity index (χ3v) is 6.13. The molecule has 1 aromatic carbocycles. The molecule has 3 aromatic rings. The van der Waals surface area contributed by atoms with E-state index in [-0.39, 0.29) is 16.8 Å². The fourth-order valence-corrected chi connectivity index (χ4v) is 4.43. The number of rotatable bonds is 10. The van der Waals surface area contributed by atoms with Crippen LogP contribution in [0.2, 0.25) is 0 Å². The molecule has 10 heteroatoms. The Morgan fingerprint density at radius 3 is 2.88 bits per heavy atom. The van der Waals surface area contributed by atoms with Crippen molar-refractivity contribution in [1.29, 1.82) is 0 Å². The number of pyridine rings is 1. The number of hydrogen-bond acceptors (Lipinski definition) is 8. The number of carbonyl (C=O) groups is 1. The van der Waals surface area contributed by atoms with Crippen LogP contribution in [0.4, 0.5) is 0 Å². The second-order valence-electron chi connectivity index (χ2n) is 7.18. The van der Waals surface area contributed by atoms with Gasteiger partial charge in [0.25, 0.3) is 0 Å². The molecule has 0 spiro atoms. The number of fused-ring (bicyclic) bond motifs is 1. The summed E-state index contributed by atoms with van der Waals surface area (Å²) in [6.07, 6.45) is 3.49. The van der Waals surface area contributed by atoms with E-state index in [2.05, 4.69) is 15.1 Å². The van der Waals surface area contributed by atoms with Crippen LogP contribution in [0, 0.1) is 12.8 Å². The lowest BCUT2D eigenvalue weighted by Crippen LogP contribution is -2.25. The van der Waals surface area contributed by atoms with Crippen LogP contribution in [0.5, 0.6) is 5.75 Å². The van der Waals surface area contributed by atoms with Gasteiger partial charge >= 0.3 is 5.16 Å². The molecule has 0 saturated carbocycles. The van der Waals surface area contributed by atoms with Gasteiger partial charge in [0.2, 0.25) is 5.91 Å². The first kappa shape index (κ1) is 23.7. The molecule has 0 saturated heterocycles. The minimum absolute atomic E-state index is 0.0696. The van der Waals surface area contributed by atoms with Crippen LogP contribution in [-0.4, -0.2) is 56.7 Å². The van der Waals surface area contributed by atoms with Crippen LogP contribution >= 0.6 is 0 Å². The highest BCUT2D eigenvalue weighted by Gasteiger charge is 2.29. The zero-order chi connectivity index (χ0) is 23.1. The lowest BCUT2D eigenvalue weighted by Gasteiger charge is -2.15. The van der Waals surface area contributed by atoms with Crippen molar-refractivity contribution in [1.82, 2.24) is 14.5 Å². The quantitative estimate of drug-likeness (QED) is 0.163. The second kappa shape index (κ2) is 11.1. The Kier molecular flexibility index (Phi) is 8.20. The number of imidazole rings is 1. The third-order valence-electron chi connectivity index (χ3n) is 4.91. The summed E-state index contributed by atoms with van der Waals surface area (Å²) in [6.45, 7) is 4.55.